The van der Waals surface area contributed by atoms with Crippen LogP contribution in [0.25, 0.3) is 16.2 Å². The summed E-state index contributed by atoms with van der Waals surface area (Å²) in [6.45, 7) is 3.51. The Morgan fingerprint density at radius 1 is 1.06 bits per heavy atom. The van der Waals surface area contributed by atoms with Crippen LogP contribution in [0.3, 0.4) is 0 Å². The van der Waals surface area contributed by atoms with E-state index in [2.05, 4.69) is 15.4 Å². The molecule has 160 valence electrons. The third-order valence-corrected chi connectivity index (χ3v) is 5.96. The number of anilines is 1. The number of amides is 3. The van der Waals surface area contributed by atoms with Gasteiger partial charge < -0.3 is 0 Å². The zero-order chi connectivity index (χ0) is 22.6. The van der Waals surface area contributed by atoms with Gasteiger partial charge in [0, 0.05) is 22.5 Å². The number of aromatic nitrogens is 3. The molecular weight excluding hydrogens is 433 g/mol. The number of carbonyl (C=O) groups excluding carboxylic acids is 3. The fourth-order valence-electron chi connectivity index (χ4n) is 3.60. The molecule has 0 unspecified atom stereocenters. The Hall–Kier alpha value is -3.92. The molecule has 3 amide bonds. The number of hydrogen-bond donors (Lipinski definition) is 1. The van der Waals surface area contributed by atoms with Crippen molar-refractivity contribution >= 4 is 40.0 Å². The number of imide groups is 1. The van der Waals surface area contributed by atoms with Crippen LogP contribution in [0.4, 0.5) is 10.3 Å². The van der Waals surface area contributed by atoms with E-state index in [4.69, 9.17) is 0 Å². The lowest BCUT2D eigenvalue weighted by molar-refractivity contribution is 0.0609. The lowest BCUT2D eigenvalue weighted by Crippen LogP contribution is -2.35. The molecule has 2 aromatic carbocycles. The van der Waals surface area contributed by atoms with E-state index < -0.39 is 11.8 Å². The maximum atomic E-state index is 13.2. The highest BCUT2D eigenvalue weighted by molar-refractivity contribution is 7.15. The lowest BCUT2D eigenvalue weighted by atomic mass is 10.1. The van der Waals surface area contributed by atoms with Crippen molar-refractivity contribution in [2.45, 2.75) is 19.9 Å². The number of fused-ring (bicyclic) bond motifs is 2. The molecule has 0 radical (unpaired) electrons. The molecule has 0 atom stereocenters. The van der Waals surface area contributed by atoms with Crippen molar-refractivity contribution in [1.29, 1.82) is 0 Å². The topological polar surface area (TPSA) is 96.7 Å². The van der Waals surface area contributed by atoms with Crippen LogP contribution in [-0.2, 0) is 0 Å². The SMILES string of the molecule is CC(C)N1C(=O)c2ccc(C(=O)Nc3nc4scc(-c5ccc(F)cc5)n4n3)cc2C1=O. The monoisotopic (exact) mass is 449 g/mol. The minimum Gasteiger partial charge on any atom is -0.289 e. The van der Waals surface area contributed by atoms with Crippen LogP contribution >= 0.6 is 11.3 Å². The van der Waals surface area contributed by atoms with Gasteiger partial charge in [-0.1, -0.05) is 0 Å². The second-order valence-corrected chi connectivity index (χ2v) is 8.38. The van der Waals surface area contributed by atoms with Gasteiger partial charge in [0.15, 0.2) is 0 Å². The smallest absolute Gasteiger partial charge is 0.261 e. The molecular formula is C22H16FN5O3S. The second kappa shape index (κ2) is 7.34. The van der Waals surface area contributed by atoms with Crippen LogP contribution in [0.15, 0.2) is 47.8 Å². The maximum absolute atomic E-state index is 13.2. The summed E-state index contributed by atoms with van der Waals surface area (Å²) in [6, 6.07) is 10.1. The first-order chi connectivity index (χ1) is 15.3. The number of rotatable bonds is 4. The second-order valence-electron chi connectivity index (χ2n) is 7.55. The van der Waals surface area contributed by atoms with E-state index in [9.17, 15) is 18.8 Å². The van der Waals surface area contributed by atoms with Crippen LogP contribution < -0.4 is 5.32 Å². The molecule has 0 aliphatic carbocycles. The fourth-order valence-corrected chi connectivity index (χ4v) is 4.43. The number of nitrogens with zero attached hydrogens (tertiary/aromatic N) is 4. The molecule has 3 heterocycles. The van der Waals surface area contributed by atoms with Crippen LogP contribution in [0.1, 0.15) is 44.9 Å². The number of hydrogen-bond acceptors (Lipinski definition) is 6. The van der Waals surface area contributed by atoms with Crippen molar-refractivity contribution in [2.24, 2.45) is 0 Å². The summed E-state index contributed by atoms with van der Waals surface area (Å²) in [5.41, 5.74) is 2.18. The molecule has 1 aliphatic rings. The Kier molecular flexibility index (Phi) is 4.59. The minimum absolute atomic E-state index is 0.0944. The average Bonchev–Trinajstić information content (AvgIpc) is 3.40. The predicted molar refractivity (Wildman–Crippen MR) is 116 cm³/mol. The highest BCUT2D eigenvalue weighted by Crippen LogP contribution is 2.28. The van der Waals surface area contributed by atoms with E-state index >= 15 is 0 Å². The van der Waals surface area contributed by atoms with Gasteiger partial charge in [-0.3, -0.25) is 24.6 Å². The van der Waals surface area contributed by atoms with Gasteiger partial charge in [-0.2, -0.15) is 4.98 Å². The lowest BCUT2D eigenvalue weighted by Gasteiger charge is -2.17. The first-order valence-electron chi connectivity index (χ1n) is 9.77. The third kappa shape index (κ3) is 3.16. The zero-order valence-electron chi connectivity index (χ0n) is 17.0. The number of nitrogens with one attached hydrogen (secondary N) is 1. The Bertz CT molecular complexity index is 1410. The van der Waals surface area contributed by atoms with E-state index in [1.807, 2.05) is 5.38 Å². The molecule has 0 bridgehead atoms. The molecule has 10 heteroatoms. The molecule has 2 aromatic heterocycles. The number of benzene rings is 2. The van der Waals surface area contributed by atoms with Gasteiger partial charge in [0.1, 0.15) is 5.82 Å². The Morgan fingerprint density at radius 3 is 2.50 bits per heavy atom. The van der Waals surface area contributed by atoms with Gasteiger partial charge in [-0.05, 0) is 56.3 Å². The maximum Gasteiger partial charge on any atom is 0.261 e. The summed E-state index contributed by atoms with van der Waals surface area (Å²) in [5.74, 6) is -1.53. The van der Waals surface area contributed by atoms with Crippen molar-refractivity contribution in [1.82, 2.24) is 19.5 Å². The van der Waals surface area contributed by atoms with Crippen molar-refractivity contribution in [3.63, 3.8) is 0 Å². The third-order valence-electron chi connectivity index (χ3n) is 5.14. The molecule has 5 rings (SSSR count). The summed E-state index contributed by atoms with van der Waals surface area (Å²) < 4.78 is 14.8. The number of halogens is 1. The van der Waals surface area contributed by atoms with Gasteiger partial charge in [-0.15, -0.1) is 16.4 Å². The van der Waals surface area contributed by atoms with E-state index in [0.29, 0.717) is 10.7 Å². The van der Waals surface area contributed by atoms with Gasteiger partial charge in [0.2, 0.25) is 4.96 Å². The minimum atomic E-state index is -0.502. The normalized spacial score (nSPS) is 13.3. The summed E-state index contributed by atoms with van der Waals surface area (Å²) in [5, 5.41) is 8.81. The van der Waals surface area contributed by atoms with E-state index in [0.717, 1.165) is 5.56 Å². The predicted octanol–water partition coefficient (Wildman–Crippen LogP) is 3.85. The quantitative estimate of drug-likeness (QED) is 0.478. The van der Waals surface area contributed by atoms with Crippen LogP contribution in [0.5, 0.6) is 0 Å². The standard InChI is InChI=1S/C22H16FN5O3S/c1-11(2)27-19(30)15-8-5-13(9-16(15)20(27)31)18(29)24-21-25-22-28(26-21)17(10-32-22)12-3-6-14(23)7-4-12/h3-11H,1-2H3,(H,24,26,29). The summed E-state index contributed by atoms with van der Waals surface area (Å²) in [7, 11) is 0. The van der Waals surface area contributed by atoms with Crippen LogP contribution in [-0.4, -0.2) is 43.3 Å². The van der Waals surface area contributed by atoms with Crippen molar-refractivity contribution in [3.05, 3.63) is 70.4 Å². The van der Waals surface area contributed by atoms with E-state index in [1.165, 1.54) is 46.6 Å². The molecule has 4 aromatic rings. The van der Waals surface area contributed by atoms with E-state index in [-0.39, 0.29) is 40.4 Å². The molecule has 1 N–H and O–H groups in total. The van der Waals surface area contributed by atoms with Gasteiger partial charge in [0.25, 0.3) is 23.7 Å². The highest BCUT2D eigenvalue weighted by atomic mass is 32.1. The summed E-state index contributed by atoms with van der Waals surface area (Å²) in [6.07, 6.45) is 0. The molecule has 0 saturated carbocycles. The summed E-state index contributed by atoms with van der Waals surface area (Å²) in [4.78, 5) is 43.8. The van der Waals surface area contributed by atoms with Gasteiger partial charge >= 0.3 is 0 Å². The first kappa shape index (κ1) is 20.0. The molecule has 1 aliphatic heterocycles. The Labute approximate surface area is 185 Å². The molecule has 32 heavy (non-hydrogen) atoms. The van der Waals surface area contributed by atoms with E-state index in [1.54, 1.807) is 30.5 Å². The van der Waals surface area contributed by atoms with Crippen molar-refractivity contribution in [2.75, 3.05) is 5.32 Å². The molecule has 0 saturated heterocycles. The first-order valence-corrected chi connectivity index (χ1v) is 10.6. The average molecular weight is 449 g/mol. The number of carbonyl (C=O) groups is 3. The Morgan fingerprint density at radius 2 is 1.78 bits per heavy atom. The van der Waals surface area contributed by atoms with Crippen molar-refractivity contribution < 1.29 is 18.8 Å². The van der Waals surface area contributed by atoms with Gasteiger partial charge in [0.05, 0.1) is 16.8 Å². The van der Waals surface area contributed by atoms with Gasteiger partial charge in [-0.25, -0.2) is 8.91 Å². The fraction of sp³-hybridized carbons (Fsp3) is 0.136. The summed E-state index contributed by atoms with van der Waals surface area (Å²) >= 11 is 1.33. The zero-order valence-corrected chi connectivity index (χ0v) is 17.8. The molecule has 8 nitrogen and oxygen atoms in total. The highest BCUT2D eigenvalue weighted by Gasteiger charge is 2.37. The van der Waals surface area contributed by atoms with Crippen LogP contribution in [0.2, 0.25) is 0 Å². The molecule has 0 fully saturated rings. The number of thiazole rings is 1. The van der Waals surface area contributed by atoms with Crippen molar-refractivity contribution in [3.8, 4) is 11.3 Å². The molecule has 0 spiro atoms. The Balaban J connectivity index is 1.41. The van der Waals surface area contributed by atoms with Crippen LogP contribution in [0, 0.1) is 5.82 Å². The largest absolute Gasteiger partial charge is 0.289 e.